The second-order valence-corrected chi connectivity index (χ2v) is 6.52. The van der Waals surface area contributed by atoms with E-state index in [9.17, 15) is 4.79 Å². The summed E-state index contributed by atoms with van der Waals surface area (Å²) in [4.78, 5) is 19.0. The molecule has 1 aromatic carbocycles. The standard InChI is InChI=1S/C18H16N2O2S/c21-18(15-12-23-17(19-15)16-7-4-10-22-16)20-9-8-14(11-20)13-5-2-1-3-6-13/h1-7,10,12,14H,8-9,11H2. The maximum atomic E-state index is 12.6. The van der Waals surface area contributed by atoms with E-state index in [0.29, 0.717) is 17.4 Å². The van der Waals surface area contributed by atoms with Crippen LogP contribution in [0.2, 0.25) is 0 Å². The van der Waals surface area contributed by atoms with Crippen molar-refractivity contribution in [2.75, 3.05) is 13.1 Å². The highest BCUT2D eigenvalue weighted by molar-refractivity contribution is 7.13. The number of benzene rings is 1. The molecule has 1 atom stereocenters. The van der Waals surface area contributed by atoms with Gasteiger partial charge in [0.1, 0.15) is 5.69 Å². The van der Waals surface area contributed by atoms with E-state index in [1.165, 1.54) is 16.9 Å². The number of furan rings is 1. The Morgan fingerprint density at radius 2 is 2.09 bits per heavy atom. The molecule has 116 valence electrons. The number of rotatable bonds is 3. The lowest BCUT2D eigenvalue weighted by molar-refractivity contribution is 0.0786. The Morgan fingerprint density at radius 1 is 1.22 bits per heavy atom. The fraction of sp³-hybridized carbons (Fsp3) is 0.222. The predicted octanol–water partition coefficient (Wildman–Crippen LogP) is 4.03. The Kier molecular flexibility index (Phi) is 3.71. The summed E-state index contributed by atoms with van der Waals surface area (Å²) in [6, 6.07) is 14.1. The van der Waals surface area contributed by atoms with Crippen molar-refractivity contribution < 1.29 is 9.21 Å². The smallest absolute Gasteiger partial charge is 0.273 e. The second kappa shape index (κ2) is 6.01. The molecule has 5 heteroatoms. The largest absolute Gasteiger partial charge is 0.462 e. The van der Waals surface area contributed by atoms with Crippen molar-refractivity contribution in [2.45, 2.75) is 12.3 Å². The summed E-state index contributed by atoms with van der Waals surface area (Å²) < 4.78 is 5.34. The number of likely N-dealkylation sites (tertiary alicyclic amines) is 1. The molecule has 1 aliphatic heterocycles. The van der Waals surface area contributed by atoms with Crippen LogP contribution in [0.1, 0.15) is 28.4 Å². The molecule has 1 aliphatic rings. The van der Waals surface area contributed by atoms with Gasteiger partial charge in [0.2, 0.25) is 0 Å². The van der Waals surface area contributed by atoms with Crippen LogP contribution in [0.25, 0.3) is 10.8 Å². The maximum Gasteiger partial charge on any atom is 0.273 e. The highest BCUT2D eigenvalue weighted by Gasteiger charge is 2.29. The van der Waals surface area contributed by atoms with Crippen molar-refractivity contribution in [3.8, 4) is 10.8 Å². The molecule has 2 aromatic heterocycles. The first-order valence-electron chi connectivity index (χ1n) is 7.65. The lowest BCUT2D eigenvalue weighted by atomic mass is 9.99. The van der Waals surface area contributed by atoms with Crippen LogP contribution < -0.4 is 0 Å². The van der Waals surface area contributed by atoms with Gasteiger partial charge in [-0.25, -0.2) is 4.98 Å². The Hall–Kier alpha value is -2.40. The van der Waals surface area contributed by atoms with Crippen LogP contribution in [0, 0.1) is 0 Å². The van der Waals surface area contributed by atoms with Gasteiger partial charge in [0, 0.05) is 24.4 Å². The summed E-state index contributed by atoms with van der Waals surface area (Å²) in [6.07, 6.45) is 2.62. The molecule has 0 saturated carbocycles. The van der Waals surface area contributed by atoms with Crippen LogP contribution in [0.5, 0.6) is 0 Å². The lowest BCUT2D eigenvalue weighted by Gasteiger charge is -2.15. The number of aromatic nitrogens is 1. The summed E-state index contributed by atoms with van der Waals surface area (Å²) in [5.41, 5.74) is 1.81. The van der Waals surface area contributed by atoms with Gasteiger partial charge in [0.05, 0.1) is 6.26 Å². The molecule has 23 heavy (non-hydrogen) atoms. The molecule has 0 N–H and O–H groups in total. The average molecular weight is 324 g/mol. The molecule has 4 nitrogen and oxygen atoms in total. The van der Waals surface area contributed by atoms with Crippen LogP contribution in [0.4, 0.5) is 0 Å². The number of hydrogen-bond acceptors (Lipinski definition) is 4. The normalized spacial score (nSPS) is 17.6. The van der Waals surface area contributed by atoms with E-state index in [2.05, 4.69) is 29.2 Å². The highest BCUT2D eigenvalue weighted by Crippen LogP contribution is 2.29. The second-order valence-electron chi connectivity index (χ2n) is 5.66. The van der Waals surface area contributed by atoms with Crippen molar-refractivity contribution >= 4 is 17.2 Å². The number of hydrogen-bond donors (Lipinski definition) is 0. The molecule has 1 saturated heterocycles. The Balaban J connectivity index is 1.48. The number of nitrogens with zero attached hydrogens (tertiary/aromatic N) is 2. The third kappa shape index (κ3) is 2.80. The molecular weight excluding hydrogens is 308 g/mol. The molecule has 0 bridgehead atoms. The number of carbonyl (C=O) groups excluding carboxylic acids is 1. The van der Waals surface area contributed by atoms with E-state index in [4.69, 9.17) is 4.42 Å². The Bertz CT molecular complexity index is 796. The SMILES string of the molecule is O=C(c1csc(-c2ccco2)n1)N1CCC(c2ccccc2)C1. The van der Waals surface area contributed by atoms with E-state index < -0.39 is 0 Å². The van der Waals surface area contributed by atoms with Gasteiger partial charge in [0.15, 0.2) is 10.8 Å². The van der Waals surface area contributed by atoms with Gasteiger partial charge in [-0.05, 0) is 24.1 Å². The van der Waals surface area contributed by atoms with E-state index in [1.54, 1.807) is 6.26 Å². The van der Waals surface area contributed by atoms with E-state index in [-0.39, 0.29) is 5.91 Å². The average Bonchev–Trinajstić information content (AvgIpc) is 3.35. The van der Waals surface area contributed by atoms with Crippen LogP contribution in [0.3, 0.4) is 0 Å². The zero-order chi connectivity index (χ0) is 15.6. The summed E-state index contributed by atoms with van der Waals surface area (Å²) >= 11 is 1.44. The molecule has 0 radical (unpaired) electrons. The minimum Gasteiger partial charge on any atom is -0.462 e. The lowest BCUT2D eigenvalue weighted by Crippen LogP contribution is -2.28. The third-order valence-electron chi connectivity index (χ3n) is 4.20. The fourth-order valence-corrected chi connectivity index (χ4v) is 3.75. The molecule has 1 amide bonds. The van der Waals surface area contributed by atoms with E-state index in [1.807, 2.05) is 28.5 Å². The topological polar surface area (TPSA) is 46.3 Å². The summed E-state index contributed by atoms with van der Waals surface area (Å²) in [7, 11) is 0. The Morgan fingerprint density at radius 3 is 2.87 bits per heavy atom. The number of thiazole rings is 1. The monoisotopic (exact) mass is 324 g/mol. The third-order valence-corrected chi connectivity index (χ3v) is 5.06. The van der Waals surface area contributed by atoms with Crippen molar-refractivity contribution in [2.24, 2.45) is 0 Å². The first kappa shape index (κ1) is 14.2. The van der Waals surface area contributed by atoms with Crippen molar-refractivity contribution in [3.05, 3.63) is 65.4 Å². The molecule has 0 spiro atoms. The van der Waals surface area contributed by atoms with Gasteiger partial charge < -0.3 is 9.32 Å². The van der Waals surface area contributed by atoms with Gasteiger partial charge in [-0.1, -0.05) is 30.3 Å². The Labute approximate surface area is 138 Å². The van der Waals surface area contributed by atoms with E-state index >= 15 is 0 Å². The first-order valence-corrected chi connectivity index (χ1v) is 8.53. The van der Waals surface area contributed by atoms with Crippen molar-refractivity contribution in [1.82, 2.24) is 9.88 Å². The van der Waals surface area contributed by atoms with Gasteiger partial charge in [-0.3, -0.25) is 4.79 Å². The highest BCUT2D eigenvalue weighted by atomic mass is 32.1. The number of carbonyl (C=O) groups is 1. The van der Waals surface area contributed by atoms with Gasteiger partial charge in [0.25, 0.3) is 5.91 Å². The maximum absolute atomic E-state index is 12.6. The summed E-state index contributed by atoms with van der Waals surface area (Å²) in [5.74, 6) is 1.14. The van der Waals surface area contributed by atoms with Gasteiger partial charge in [-0.15, -0.1) is 11.3 Å². The molecule has 3 aromatic rings. The molecule has 1 fully saturated rings. The first-order chi connectivity index (χ1) is 11.3. The molecular formula is C18H16N2O2S. The van der Waals surface area contributed by atoms with Crippen LogP contribution in [-0.4, -0.2) is 28.9 Å². The van der Waals surface area contributed by atoms with Crippen LogP contribution >= 0.6 is 11.3 Å². The van der Waals surface area contributed by atoms with E-state index in [0.717, 1.165) is 24.5 Å². The van der Waals surface area contributed by atoms with Crippen LogP contribution in [0.15, 0.2) is 58.5 Å². The quantitative estimate of drug-likeness (QED) is 0.730. The van der Waals surface area contributed by atoms with Crippen molar-refractivity contribution in [3.63, 3.8) is 0 Å². The molecule has 4 rings (SSSR count). The minimum atomic E-state index is 0.0116. The minimum absolute atomic E-state index is 0.0116. The zero-order valence-corrected chi connectivity index (χ0v) is 13.3. The van der Waals surface area contributed by atoms with Gasteiger partial charge in [-0.2, -0.15) is 0 Å². The van der Waals surface area contributed by atoms with Crippen molar-refractivity contribution in [1.29, 1.82) is 0 Å². The summed E-state index contributed by atoms with van der Waals surface area (Å²) in [5, 5.41) is 2.56. The molecule has 0 aliphatic carbocycles. The zero-order valence-electron chi connectivity index (χ0n) is 12.5. The number of amides is 1. The van der Waals surface area contributed by atoms with Gasteiger partial charge >= 0.3 is 0 Å². The molecule has 3 heterocycles. The van der Waals surface area contributed by atoms with Crippen LogP contribution in [-0.2, 0) is 0 Å². The molecule has 1 unspecified atom stereocenters. The predicted molar refractivity (Wildman–Crippen MR) is 89.5 cm³/mol. The summed E-state index contributed by atoms with van der Waals surface area (Å²) in [6.45, 7) is 1.54. The fourth-order valence-electron chi connectivity index (χ4n) is 2.99.